The second-order valence-electron chi connectivity index (χ2n) is 8.07. The van der Waals surface area contributed by atoms with E-state index >= 15 is 0 Å². The van der Waals surface area contributed by atoms with Crippen molar-refractivity contribution in [2.24, 2.45) is 19.1 Å². The van der Waals surface area contributed by atoms with E-state index in [1.807, 2.05) is 40.1 Å². The maximum Gasteiger partial charge on any atom is 0.333 e. The van der Waals surface area contributed by atoms with E-state index in [0.717, 1.165) is 55.7 Å². The third-order valence-corrected chi connectivity index (χ3v) is 6.03. The van der Waals surface area contributed by atoms with E-state index in [-0.39, 0.29) is 5.69 Å². The largest absolute Gasteiger partial charge is 0.496 e. The molecule has 31 heavy (non-hydrogen) atoms. The van der Waals surface area contributed by atoms with Gasteiger partial charge in [0.05, 0.1) is 53.5 Å². The van der Waals surface area contributed by atoms with Crippen molar-refractivity contribution in [1.29, 1.82) is 0 Å². The number of benzene rings is 1. The number of nitrogens with zero attached hydrogens (tertiary/aromatic N) is 6. The minimum atomic E-state index is -0.106. The number of rotatable bonds is 3. The van der Waals surface area contributed by atoms with Crippen molar-refractivity contribution in [2.75, 3.05) is 13.7 Å². The van der Waals surface area contributed by atoms with Crippen LogP contribution in [0.15, 0.2) is 39.9 Å². The molecule has 4 heterocycles. The van der Waals surface area contributed by atoms with Gasteiger partial charge in [-0.1, -0.05) is 0 Å². The second-order valence-corrected chi connectivity index (χ2v) is 8.07. The summed E-state index contributed by atoms with van der Waals surface area (Å²) in [5.41, 5.74) is 7.89. The summed E-state index contributed by atoms with van der Waals surface area (Å²) in [4.78, 5) is 22.5. The Labute approximate surface area is 179 Å². The molecular formula is C23H24N6O2. The number of allylic oxidation sites excluding steroid dienone is 1. The number of ether oxygens (including phenoxy) is 1. The number of aromatic nitrogens is 5. The first-order valence-corrected chi connectivity index (χ1v) is 10.1. The Morgan fingerprint density at radius 3 is 2.48 bits per heavy atom. The summed E-state index contributed by atoms with van der Waals surface area (Å²) in [5, 5.41) is 5.37. The topological polar surface area (TPSA) is 79.2 Å². The smallest absolute Gasteiger partial charge is 0.333 e. The highest BCUT2D eigenvalue weighted by Gasteiger charge is 2.24. The third-order valence-electron chi connectivity index (χ3n) is 6.03. The van der Waals surface area contributed by atoms with Crippen molar-refractivity contribution in [1.82, 2.24) is 23.9 Å². The molecule has 3 aromatic heterocycles. The van der Waals surface area contributed by atoms with E-state index in [1.54, 1.807) is 34.2 Å². The molecule has 0 saturated heterocycles. The van der Waals surface area contributed by atoms with Gasteiger partial charge >= 0.3 is 5.69 Å². The quantitative estimate of drug-likeness (QED) is 0.513. The lowest BCUT2D eigenvalue weighted by atomic mass is 10.0. The Kier molecular flexibility index (Phi) is 4.15. The average molecular weight is 416 g/mol. The summed E-state index contributed by atoms with van der Waals surface area (Å²) in [5.74, 6) is 0.717. The SMILES string of the molecule is COc1cc2ncc3c(c2cc1-c1cn(C)nc1C)n(C1=C(C)CN=C1C)c(=O)n3C. The minimum Gasteiger partial charge on any atom is -0.496 e. The van der Waals surface area contributed by atoms with Crippen LogP contribution in [0.5, 0.6) is 5.75 Å². The molecule has 8 nitrogen and oxygen atoms in total. The van der Waals surface area contributed by atoms with Crippen LogP contribution >= 0.6 is 0 Å². The van der Waals surface area contributed by atoms with Crippen molar-refractivity contribution in [3.8, 4) is 16.9 Å². The maximum atomic E-state index is 13.3. The van der Waals surface area contributed by atoms with Gasteiger partial charge in [-0.25, -0.2) is 4.79 Å². The highest BCUT2D eigenvalue weighted by molar-refractivity contribution is 6.22. The van der Waals surface area contributed by atoms with E-state index in [2.05, 4.69) is 21.1 Å². The zero-order valence-electron chi connectivity index (χ0n) is 18.5. The van der Waals surface area contributed by atoms with E-state index in [9.17, 15) is 4.79 Å². The first kappa shape index (κ1) is 19.3. The molecule has 0 aliphatic carbocycles. The molecule has 1 aliphatic rings. The van der Waals surface area contributed by atoms with Crippen LogP contribution in [0.2, 0.25) is 0 Å². The van der Waals surface area contributed by atoms with Crippen LogP contribution in [0, 0.1) is 6.92 Å². The molecule has 0 bridgehead atoms. The first-order valence-electron chi connectivity index (χ1n) is 10.1. The van der Waals surface area contributed by atoms with Crippen molar-refractivity contribution in [3.63, 3.8) is 0 Å². The summed E-state index contributed by atoms with van der Waals surface area (Å²) >= 11 is 0. The third kappa shape index (κ3) is 2.67. The number of methoxy groups -OCH3 is 1. The zero-order valence-corrected chi connectivity index (χ0v) is 18.5. The van der Waals surface area contributed by atoms with E-state index in [4.69, 9.17) is 4.74 Å². The summed E-state index contributed by atoms with van der Waals surface area (Å²) < 4.78 is 10.9. The fraction of sp³-hybridized carbons (Fsp3) is 0.304. The number of aliphatic imine (C=N–C) groups is 1. The molecule has 0 N–H and O–H groups in total. The number of fused-ring (bicyclic) bond motifs is 3. The van der Waals surface area contributed by atoms with Gasteiger partial charge in [0.15, 0.2) is 0 Å². The van der Waals surface area contributed by atoms with Crippen molar-refractivity contribution in [2.45, 2.75) is 20.8 Å². The Hall–Kier alpha value is -3.68. The maximum absolute atomic E-state index is 13.3. The average Bonchev–Trinajstić information content (AvgIpc) is 3.34. The second kappa shape index (κ2) is 6.66. The fourth-order valence-corrected chi connectivity index (χ4v) is 4.52. The molecule has 0 fully saturated rings. The molecule has 0 atom stereocenters. The highest BCUT2D eigenvalue weighted by atomic mass is 16.5. The van der Waals surface area contributed by atoms with Gasteiger partial charge in [0.2, 0.25) is 0 Å². The number of hydrogen-bond donors (Lipinski definition) is 0. The van der Waals surface area contributed by atoms with Crippen LogP contribution < -0.4 is 10.4 Å². The van der Waals surface area contributed by atoms with Crippen LogP contribution in [-0.2, 0) is 14.1 Å². The van der Waals surface area contributed by atoms with Gasteiger partial charge < -0.3 is 4.74 Å². The summed E-state index contributed by atoms with van der Waals surface area (Å²) in [7, 11) is 5.33. The Morgan fingerprint density at radius 1 is 1.10 bits per heavy atom. The summed E-state index contributed by atoms with van der Waals surface area (Å²) in [6.45, 7) is 6.56. The number of hydrogen-bond acceptors (Lipinski definition) is 5. The number of pyridine rings is 1. The molecule has 8 heteroatoms. The molecule has 1 aliphatic heterocycles. The van der Waals surface area contributed by atoms with Crippen LogP contribution in [0.3, 0.4) is 0 Å². The predicted molar refractivity (Wildman–Crippen MR) is 123 cm³/mol. The van der Waals surface area contributed by atoms with Gasteiger partial charge in [-0.05, 0) is 32.4 Å². The Bertz CT molecular complexity index is 1510. The zero-order chi connectivity index (χ0) is 22.0. The lowest BCUT2D eigenvalue weighted by molar-refractivity contribution is 0.417. The lowest BCUT2D eigenvalue weighted by Gasteiger charge is -2.12. The monoisotopic (exact) mass is 416 g/mol. The molecule has 0 saturated carbocycles. The van der Waals surface area contributed by atoms with Crippen LogP contribution in [-0.4, -0.2) is 43.3 Å². The van der Waals surface area contributed by atoms with Gasteiger partial charge in [-0.15, -0.1) is 0 Å². The van der Waals surface area contributed by atoms with Gasteiger partial charge in [-0.2, -0.15) is 5.10 Å². The van der Waals surface area contributed by atoms with E-state index in [0.29, 0.717) is 12.3 Å². The van der Waals surface area contributed by atoms with Crippen molar-refractivity contribution >= 4 is 33.3 Å². The first-order chi connectivity index (χ1) is 14.8. The molecule has 0 unspecified atom stereocenters. The van der Waals surface area contributed by atoms with Gasteiger partial charge in [-0.3, -0.25) is 23.8 Å². The Balaban J connectivity index is 1.95. The predicted octanol–water partition coefficient (Wildman–Crippen LogP) is 3.31. The molecule has 0 radical (unpaired) electrons. The van der Waals surface area contributed by atoms with Gasteiger partial charge in [0, 0.05) is 42.9 Å². The van der Waals surface area contributed by atoms with Crippen LogP contribution in [0.4, 0.5) is 0 Å². The molecular weight excluding hydrogens is 392 g/mol. The molecule has 5 rings (SSSR count). The van der Waals surface area contributed by atoms with E-state index < -0.39 is 0 Å². The van der Waals surface area contributed by atoms with Gasteiger partial charge in [0.25, 0.3) is 0 Å². The molecule has 0 amide bonds. The molecule has 4 aromatic rings. The fourth-order valence-electron chi connectivity index (χ4n) is 4.52. The van der Waals surface area contributed by atoms with Crippen LogP contribution in [0.1, 0.15) is 19.5 Å². The highest BCUT2D eigenvalue weighted by Crippen LogP contribution is 2.38. The van der Waals surface area contributed by atoms with Crippen molar-refractivity contribution < 1.29 is 4.74 Å². The molecule has 1 aromatic carbocycles. The minimum absolute atomic E-state index is 0.106. The normalized spacial score (nSPS) is 14.2. The van der Waals surface area contributed by atoms with Crippen LogP contribution in [0.25, 0.3) is 38.8 Å². The lowest BCUT2D eigenvalue weighted by Crippen LogP contribution is -2.23. The summed E-state index contributed by atoms with van der Waals surface area (Å²) in [6.07, 6.45) is 3.73. The van der Waals surface area contributed by atoms with Crippen molar-refractivity contribution in [3.05, 3.63) is 46.3 Å². The molecule has 158 valence electrons. The van der Waals surface area contributed by atoms with E-state index in [1.165, 1.54) is 0 Å². The number of imidazole rings is 1. The number of aryl methyl sites for hydroxylation is 3. The standard InChI is InChI=1S/C23H24N6O2/c1-12-9-24-14(3)21(12)29-22-16-7-15(17-11-27(4)26-13(17)2)20(31-6)8-18(16)25-10-19(22)28(5)23(29)30/h7-8,10-11H,9H2,1-6H3. The molecule has 0 spiro atoms. The summed E-state index contributed by atoms with van der Waals surface area (Å²) in [6, 6.07) is 3.98. The Morgan fingerprint density at radius 2 is 1.87 bits per heavy atom. The van der Waals surface area contributed by atoms with Gasteiger partial charge in [0.1, 0.15) is 5.75 Å².